The van der Waals surface area contributed by atoms with Gasteiger partial charge in [0.1, 0.15) is 17.7 Å². The molecular formula is C18H20ClFN2O. The highest BCUT2D eigenvalue weighted by Crippen LogP contribution is 2.34. The van der Waals surface area contributed by atoms with Gasteiger partial charge in [-0.15, -0.1) is 0 Å². The summed E-state index contributed by atoms with van der Waals surface area (Å²) in [5.41, 5.74) is 1.83. The van der Waals surface area contributed by atoms with E-state index in [1.54, 1.807) is 18.5 Å². The number of ether oxygens (including phenoxy) is 1. The lowest BCUT2D eigenvalue weighted by molar-refractivity contribution is 0.142. The molecule has 0 spiro atoms. The first-order chi connectivity index (χ1) is 11.2. The molecule has 1 aliphatic rings. The van der Waals surface area contributed by atoms with Crippen molar-refractivity contribution in [1.82, 2.24) is 10.3 Å². The number of hydrogen-bond acceptors (Lipinski definition) is 3. The summed E-state index contributed by atoms with van der Waals surface area (Å²) in [5.74, 6) is 0.827. The molecule has 0 radical (unpaired) electrons. The molecule has 1 aromatic carbocycles. The van der Waals surface area contributed by atoms with E-state index in [9.17, 15) is 4.39 Å². The SMILES string of the molecule is CCc1cc(F)ccc1OC(c1cncc(Cl)c1)[C@H]1CCNC1. The zero-order valence-electron chi connectivity index (χ0n) is 13.1. The van der Waals surface area contributed by atoms with Gasteiger partial charge in [0.05, 0.1) is 5.02 Å². The molecule has 0 aliphatic carbocycles. The Labute approximate surface area is 140 Å². The Kier molecular flexibility index (Phi) is 5.13. The molecule has 0 saturated carbocycles. The lowest BCUT2D eigenvalue weighted by Crippen LogP contribution is -2.22. The number of hydrogen-bond donors (Lipinski definition) is 1. The van der Waals surface area contributed by atoms with Crippen LogP contribution in [0.25, 0.3) is 0 Å². The van der Waals surface area contributed by atoms with Gasteiger partial charge in [0.25, 0.3) is 0 Å². The molecule has 3 nitrogen and oxygen atoms in total. The third-order valence-corrected chi connectivity index (χ3v) is 4.45. The van der Waals surface area contributed by atoms with Crippen LogP contribution in [0.3, 0.4) is 0 Å². The Morgan fingerprint density at radius 1 is 1.39 bits per heavy atom. The molecule has 1 aromatic heterocycles. The number of rotatable bonds is 5. The first-order valence-electron chi connectivity index (χ1n) is 7.93. The van der Waals surface area contributed by atoms with E-state index in [0.717, 1.165) is 42.8 Å². The average molecular weight is 335 g/mol. The zero-order chi connectivity index (χ0) is 16.2. The van der Waals surface area contributed by atoms with Gasteiger partial charge in [-0.05, 0) is 49.2 Å². The highest BCUT2D eigenvalue weighted by molar-refractivity contribution is 6.30. The third-order valence-electron chi connectivity index (χ3n) is 4.24. The maximum Gasteiger partial charge on any atom is 0.129 e. The molecule has 1 N–H and O–H groups in total. The van der Waals surface area contributed by atoms with Gasteiger partial charge in [-0.2, -0.15) is 0 Å². The van der Waals surface area contributed by atoms with Gasteiger partial charge < -0.3 is 10.1 Å². The Morgan fingerprint density at radius 2 is 2.26 bits per heavy atom. The predicted molar refractivity (Wildman–Crippen MR) is 89.4 cm³/mol. The van der Waals surface area contributed by atoms with E-state index in [1.165, 1.54) is 12.1 Å². The summed E-state index contributed by atoms with van der Waals surface area (Å²) in [6.45, 7) is 3.86. The normalized spacial score (nSPS) is 18.8. The highest BCUT2D eigenvalue weighted by atomic mass is 35.5. The molecule has 2 heterocycles. The minimum Gasteiger partial charge on any atom is -0.485 e. The Balaban J connectivity index is 1.93. The van der Waals surface area contributed by atoms with Gasteiger partial charge in [0.2, 0.25) is 0 Å². The lowest BCUT2D eigenvalue weighted by atomic mass is 9.95. The van der Waals surface area contributed by atoms with E-state index in [0.29, 0.717) is 10.9 Å². The van der Waals surface area contributed by atoms with Crippen LogP contribution >= 0.6 is 11.6 Å². The summed E-state index contributed by atoms with van der Waals surface area (Å²) in [6.07, 6.45) is 5.01. The molecule has 2 atom stereocenters. The van der Waals surface area contributed by atoms with E-state index < -0.39 is 0 Å². The van der Waals surface area contributed by atoms with Crippen LogP contribution in [0.15, 0.2) is 36.7 Å². The fourth-order valence-electron chi connectivity index (χ4n) is 3.03. The van der Waals surface area contributed by atoms with E-state index in [1.807, 2.05) is 13.0 Å². The molecule has 1 unspecified atom stereocenters. The summed E-state index contributed by atoms with van der Waals surface area (Å²) in [6, 6.07) is 6.58. The lowest BCUT2D eigenvalue weighted by Gasteiger charge is -2.26. The zero-order valence-corrected chi connectivity index (χ0v) is 13.8. The van der Waals surface area contributed by atoms with Crippen molar-refractivity contribution in [2.75, 3.05) is 13.1 Å². The molecular weight excluding hydrogens is 315 g/mol. The standard InChI is InChI=1S/C18H20ClFN2O/c1-2-12-8-16(20)3-4-17(12)23-18(13-5-6-21-9-13)14-7-15(19)11-22-10-14/h3-4,7-8,10-11,13,18,21H,2,5-6,9H2,1H3/t13-,18?/m0/s1. The van der Waals surface area contributed by atoms with Crippen LogP contribution in [0.5, 0.6) is 5.75 Å². The molecule has 1 aliphatic heterocycles. The average Bonchev–Trinajstić information content (AvgIpc) is 3.07. The largest absolute Gasteiger partial charge is 0.485 e. The summed E-state index contributed by atoms with van der Waals surface area (Å²) in [4.78, 5) is 4.18. The number of pyridine rings is 1. The molecule has 3 rings (SSSR count). The number of nitrogens with zero attached hydrogens (tertiary/aromatic N) is 1. The third kappa shape index (κ3) is 3.82. The second-order valence-electron chi connectivity index (χ2n) is 5.83. The van der Waals surface area contributed by atoms with Crippen molar-refractivity contribution in [2.24, 2.45) is 5.92 Å². The van der Waals surface area contributed by atoms with Crippen molar-refractivity contribution in [2.45, 2.75) is 25.9 Å². The monoisotopic (exact) mass is 334 g/mol. The van der Waals surface area contributed by atoms with Crippen molar-refractivity contribution >= 4 is 11.6 Å². The Morgan fingerprint density at radius 3 is 2.96 bits per heavy atom. The van der Waals surface area contributed by atoms with Crippen molar-refractivity contribution in [3.8, 4) is 5.75 Å². The minimum atomic E-state index is -0.238. The predicted octanol–water partition coefficient (Wildman–Crippen LogP) is 4.17. The van der Waals surface area contributed by atoms with E-state index >= 15 is 0 Å². The number of aromatic nitrogens is 1. The minimum absolute atomic E-state index is 0.146. The summed E-state index contributed by atoms with van der Waals surface area (Å²) < 4.78 is 19.8. The number of benzene rings is 1. The van der Waals surface area contributed by atoms with Gasteiger partial charge in [-0.25, -0.2) is 4.39 Å². The van der Waals surface area contributed by atoms with E-state index in [2.05, 4.69) is 10.3 Å². The van der Waals surface area contributed by atoms with Gasteiger partial charge >= 0.3 is 0 Å². The van der Waals surface area contributed by atoms with Crippen molar-refractivity contribution in [3.63, 3.8) is 0 Å². The first-order valence-corrected chi connectivity index (χ1v) is 8.31. The molecule has 23 heavy (non-hydrogen) atoms. The summed E-state index contributed by atoms with van der Waals surface area (Å²) in [7, 11) is 0. The Hall–Kier alpha value is -1.65. The topological polar surface area (TPSA) is 34.1 Å². The van der Waals surface area contributed by atoms with Crippen LogP contribution in [0.2, 0.25) is 5.02 Å². The molecule has 1 fully saturated rings. The van der Waals surface area contributed by atoms with Crippen molar-refractivity contribution in [1.29, 1.82) is 0 Å². The molecule has 5 heteroatoms. The molecule has 122 valence electrons. The number of halogens is 2. The van der Waals surface area contributed by atoms with Crippen molar-refractivity contribution in [3.05, 3.63) is 58.6 Å². The summed E-state index contributed by atoms with van der Waals surface area (Å²) in [5, 5.41) is 3.96. The van der Waals surface area contributed by atoms with E-state index in [-0.39, 0.29) is 11.9 Å². The maximum atomic E-state index is 13.5. The highest BCUT2D eigenvalue weighted by Gasteiger charge is 2.29. The van der Waals surface area contributed by atoms with Crippen LogP contribution in [-0.2, 0) is 6.42 Å². The molecule has 0 bridgehead atoms. The molecule has 2 aromatic rings. The van der Waals surface area contributed by atoms with Crippen LogP contribution < -0.4 is 10.1 Å². The van der Waals surface area contributed by atoms with Crippen molar-refractivity contribution < 1.29 is 9.13 Å². The second kappa shape index (κ2) is 7.28. The Bertz CT molecular complexity index is 674. The summed E-state index contributed by atoms with van der Waals surface area (Å²) >= 11 is 6.09. The number of nitrogens with one attached hydrogen (secondary N) is 1. The van der Waals surface area contributed by atoms with Gasteiger partial charge in [0, 0.05) is 30.4 Å². The second-order valence-corrected chi connectivity index (χ2v) is 6.27. The molecule has 1 saturated heterocycles. The van der Waals surface area contributed by atoms with Crippen LogP contribution in [0.1, 0.15) is 30.6 Å². The van der Waals surface area contributed by atoms with Gasteiger partial charge in [-0.1, -0.05) is 18.5 Å². The van der Waals surface area contributed by atoms with Gasteiger partial charge in [0.15, 0.2) is 0 Å². The smallest absolute Gasteiger partial charge is 0.129 e. The molecule has 0 amide bonds. The number of aryl methyl sites for hydroxylation is 1. The first kappa shape index (κ1) is 16.2. The van der Waals surface area contributed by atoms with Gasteiger partial charge in [-0.3, -0.25) is 4.98 Å². The quantitative estimate of drug-likeness (QED) is 0.891. The van der Waals surface area contributed by atoms with E-state index in [4.69, 9.17) is 16.3 Å². The van der Waals surface area contributed by atoms with Crippen LogP contribution in [-0.4, -0.2) is 18.1 Å². The van der Waals surface area contributed by atoms with Crippen LogP contribution in [0.4, 0.5) is 4.39 Å². The van der Waals surface area contributed by atoms with Crippen LogP contribution in [0, 0.1) is 11.7 Å². The fourth-order valence-corrected chi connectivity index (χ4v) is 3.21. The fraction of sp³-hybridized carbons (Fsp3) is 0.389. The maximum absolute atomic E-state index is 13.5.